The molecular formula is C19H23ClN2O2S. The highest BCUT2D eigenvalue weighted by atomic mass is 35.5. The summed E-state index contributed by atoms with van der Waals surface area (Å²) in [5.41, 5.74) is 6.77. The van der Waals surface area contributed by atoms with Crippen LogP contribution in [0.5, 0.6) is 11.5 Å². The number of amidine groups is 1. The number of hydrogen-bond donors (Lipinski definition) is 1. The molecule has 1 heterocycles. The Morgan fingerprint density at radius 3 is 2.44 bits per heavy atom. The maximum atomic E-state index is 5.90. The number of nitrogens with zero attached hydrogens (tertiary/aromatic N) is 1. The fourth-order valence-electron chi connectivity index (χ4n) is 2.65. The number of nitrogens with two attached hydrogens (primary N) is 1. The second-order valence-corrected chi connectivity index (χ2v) is 6.98. The van der Waals surface area contributed by atoms with Gasteiger partial charge in [-0.15, -0.1) is 12.4 Å². The lowest BCUT2D eigenvalue weighted by atomic mass is 9.90. The molecule has 1 aliphatic heterocycles. The molecular weight excluding hydrogens is 356 g/mol. The van der Waals surface area contributed by atoms with Crippen LogP contribution < -0.4 is 15.2 Å². The molecule has 0 aliphatic carbocycles. The summed E-state index contributed by atoms with van der Waals surface area (Å²) in [6, 6.07) is 17.8. The number of thioether (sulfide) groups is 1. The summed E-state index contributed by atoms with van der Waals surface area (Å²) in [5.74, 6) is 2.67. The number of aliphatic imine (C=N–C) groups is 1. The first kappa shape index (κ1) is 19.5. The Morgan fingerprint density at radius 1 is 1.04 bits per heavy atom. The molecule has 3 rings (SSSR count). The Labute approximate surface area is 159 Å². The van der Waals surface area contributed by atoms with E-state index in [-0.39, 0.29) is 17.9 Å². The molecule has 0 saturated carbocycles. The van der Waals surface area contributed by atoms with E-state index in [1.165, 1.54) is 0 Å². The lowest BCUT2D eigenvalue weighted by molar-refractivity contribution is 0.217. The second kappa shape index (κ2) is 9.02. The quantitative estimate of drug-likeness (QED) is 0.764. The van der Waals surface area contributed by atoms with Crippen molar-refractivity contribution in [3.8, 4) is 11.5 Å². The van der Waals surface area contributed by atoms with Gasteiger partial charge in [-0.05, 0) is 43.2 Å². The first-order valence-corrected chi connectivity index (χ1v) is 9.04. The third kappa shape index (κ3) is 5.31. The van der Waals surface area contributed by atoms with E-state index in [0.717, 1.165) is 29.2 Å². The second-order valence-electron chi connectivity index (χ2n) is 5.86. The number of ether oxygens (including phenoxy) is 2. The van der Waals surface area contributed by atoms with Gasteiger partial charge in [-0.25, -0.2) is 0 Å². The third-order valence-corrected chi connectivity index (χ3v) is 4.81. The van der Waals surface area contributed by atoms with Crippen molar-refractivity contribution in [2.24, 2.45) is 10.7 Å². The standard InChI is InChI=1S/C19H22N2O2S.ClH/c1-19(10-13-24-18(20)21-19)15-6-5-9-17(14-15)23-12-11-22-16-7-3-2-4-8-16;/h2-9,14H,10-13H2,1H3,(H2,20,21);1H. The zero-order chi connectivity index (χ0) is 16.8. The van der Waals surface area contributed by atoms with Crippen LogP contribution in [0, 0.1) is 0 Å². The largest absolute Gasteiger partial charge is 0.490 e. The van der Waals surface area contributed by atoms with Gasteiger partial charge in [0.05, 0.1) is 5.54 Å². The number of benzene rings is 2. The molecule has 4 nitrogen and oxygen atoms in total. The van der Waals surface area contributed by atoms with E-state index in [4.69, 9.17) is 15.2 Å². The van der Waals surface area contributed by atoms with Gasteiger partial charge in [-0.2, -0.15) is 0 Å². The van der Waals surface area contributed by atoms with Crippen LogP contribution in [0.1, 0.15) is 18.9 Å². The first-order valence-electron chi connectivity index (χ1n) is 8.05. The molecule has 2 N–H and O–H groups in total. The van der Waals surface area contributed by atoms with Crippen LogP contribution in [0.25, 0.3) is 0 Å². The van der Waals surface area contributed by atoms with E-state index >= 15 is 0 Å². The van der Waals surface area contributed by atoms with E-state index in [1.54, 1.807) is 11.8 Å². The van der Waals surface area contributed by atoms with E-state index in [9.17, 15) is 0 Å². The average Bonchev–Trinajstić information content (AvgIpc) is 2.60. The summed E-state index contributed by atoms with van der Waals surface area (Å²) in [5, 5.41) is 0.659. The molecule has 0 aromatic heterocycles. The predicted octanol–water partition coefficient (Wildman–Crippen LogP) is 4.23. The van der Waals surface area contributed by atoms with Crippen LogP contribution >= 0.6 is 24.2 Å². The van der Waals surface area contributed by atoms with Gasteiger partial charge in [0.2, 0.25) is 0 Å². The van der Waals surface area contributed by atoms with Crippen molar-refractivity contribution < 1.29 is 9.47 Å². The SMILES string of the molecule is CC1(c2cccc(OCCOc3ccccc3)c2)CCSC(N)=N1.Cl. The Bertz CT molecular complexity index is 712. The maximum Gasteiger partial charge on any atom is 0.154 e. The van der Waals surface area contributed by atoms with Crippen LogP contribution in [0.3, 0.4) is 0 Å². The van der Waals surface area contributed by atoms with Crippen molar-refractivity contribution >= 4 is 29.3 Å². The van der Waals surface area contributed by atoms with Crippen LogP contribution in [-0.2, 0) is 5.54 Å². The van der Waals surface area contributed by atoms with Gasteiger partial charge in [-0.1, -0.05) is 42.1 Å². The Hall–Kier alpha value is -1.85. The summed E-state index contributed by atoms with van der Waals surface area (Å²) in [7, 11) is 0. The highest BCUT2D eigenvalue weighted by Crippen LogP contribution is 2.36. The van der Waals surface area contributed by atoms with Gasteiger partial charge in [0, 0.05) is 5.75 Å². The van der Waals surface area contributed by atoms with Gasteiger partial charge in [0.1, 0.15) is 24.7 Å². The minimum atomic E-state index is -0.269. The van der Waals surface area contributed by atoms with Gasteiger partial charge < -0.3 is 15.2 Å². The molecule has 0 fully saturated rings. The molecule has 2 aromatic carbocycles. The van der Waals surface area contributed by atoms with Crippen molar-refractivity contribution in [3.05, 3.63) is 60.2 Å². The zero-order valence-electron chi connectivity index (χ0n) is 14.2. The van der Waals surface area contributed by atoms with Crippen molar-refractivity contribution in [3.63, 3.8) is 0 Å². The molecule has 2 aromatic rings. The molecule has 6 heteroatoms. The molecule has 134 valence electrons. The average molecular weight is 379 g/mol. The minimum Gasteiger partial charge on any atom is -0.490 e. The third-order valence-electron chi connectivity index (χ3n) is 4.02. The van der Waals surface area contributed by atoms with Crippen LogP contribution in [0.15, 0.2) is 59.6 Å². The summed E-state index contributed by atoms with van der Waals surface area (Å²) < 4.78 is 11.5. The Morgan fingerprint density at radius 2 is 1.72 bits per heavy atom. The normalized spacial score (nSPS) is 19.5. The molecule has 1 unspecified atom stereocenters. The molecule has 0 bridgehead atoms. The fraction of sp³-hybridized carbons (Fsp3) is 0.316. The van der Waals surface area contributed by atoms with Crippen LogP contribution in [-0.4, -0.2) is 24.1 Å². The molecule has 1 atom stereocenters. The van der Waals surface area contributed by atoms with E-state index < -0.39 is 0 Å². The first-order chi connectivity index (χ1) is 11.7. The summed E-state index contributed by atoms with van der Waals surface area (Å²) in [6.45, 7) is 3.13. The summed E-state index contributed by atoms with van der Waals surface area (Å²) in [6.07, 6.45) is 0.971. The van der Waals surface area contributed by atoms with Gasteiger partial charge in [-0.3, -0.25) is 4.99 Å². The summed E-state index contributed by atoms with van der Waals surface area (Å²) >= 11 is 1.61. The van der Waals surface area contributed by atoms with E-state index in [2.05, 4.69) is 24.0 Å². The maximum absolute atomic E-state index is 5.90. The predicted molar refractivity (Wildman–Crippen MR) is 107 cm³/mol. The molecule has 0 saturated heterocycles. The Balaban J connectivity index is 0.00000225. The minimum absolute atomic E-state index is 0. The van der Waals surface area contributed by atoms with Gasteiger partial charge in [0.15, 0.2) is 5.17 Å². The lowest BCUT2D eigenvalue weighted by Gasteiger charge is -2.30. The van der Waals surface area contributed by atoms with Crippen LogP contribution in [0.4, 0.5) is 0 Å². The summed E-state index contributed by atoms with van der Waals surface area (Å²) in [4.78, 5) is 4.64. The zero-order valence-corrected chi connectivity index (χ0v) is 15.8. The smallest absolute Gasteiger partial charge is 0.154 e. The topological polar surface area (TPSA) is 56.8 Å². The number of rotatable bonds is 6. The van der Waals surface area contributed by atoms with Gasteiger partial charge in [0.25, 0.3) is 0 Å². The van der Waals surface area contributed by atoms with Crippen molar-refractivity contribution in [1.29, 1.82) is 0 Å². The highest BCUT2D eigenvalue weighted by Gasteiger charge is 2.29. The highest BCUT2D eigenvalue weighted by molar-refractivity contribution is 8.13. The van der Waals surface area contributed by atoms with Crippen molar-refractivity contribution in [2.45, 2.75) is 18.9 Å². The van der Waals surface area contributed by atoms with Crippen molar-refractivity contribution in [1.82, 2.24) is 0 Å². The molecule has 25 heavy (non-hydrogen) atoms. The number of hydrogen-bond acceptors (Lipinski definition) is 5. The fourth-order valence-corrected chi connectivity index (χ4v) is 3.63. The molecule has 0 spiro atoms. The number of halogens is 1. The van der Waals surface area contributed by atoms with Crippen LogP contribution in [0.2, 0.25) is 0 Å². The van der Waals surface area contributed by atoms with Gasteiger partial charge >= 0.3 is 0 Å². The molecule has 0 amide bonds. The lowest BCUT2D eigenvalue weighted by Crippen LogP contribution is -2.28. The Kier molecular flexibility index (Phi) is 7.02. The molecule has 1 aliphatic rings. The van der Waals surface area contributed by atoms with E-state index in [0.29, 0.717) is 18.4 Å². The monoisotopic (exact) mass is 378 g/mol. The van der Waals surface area contributed by atoms with E-state index in [1.807, 2.05) is 42.5 Å². The molecule has 0 radical (unpaired) electrons. The number of para-hydroxylation sites is 1. The van der Waals surface area contributed by atoms with Crippen molar-refractivity contribution in [2.75, 3.05) is 19.0 Å².